The molecule has 2 heterocycles. The first-order valence-electron chi connectivity index (χ1n) is 7.09. The molecular weight excluding hydrogens is 331 g/mol. The van der Waals surface area contributed by atoms with Crippen molar-refractivity contribution >= 4 is 33.2 Å². The number of rotatable bonds is 3. The van der Waals surface area contributed by atoms with Gasteiger partial charge in [-0.1, -0.05) is 23.2 Å². The second kappa shape index (κ2) is 5.70. The van der Waals surface area contributed by atoms with Crippen LogP contribution in [0.15, 0.2) is 17.0 Å². The Balaban J connectivity index is 1.78. The van der Waals surface area contributed by atoms with Crippen molar-refractivity contribution in [1.82, 2.24) is 9.21 Å². The molecule has 2 aliphatic rings. The highest BCUT2D eigenvalue weighted by molar-refractivity contribution is 7.89. The standard InChI is InChI=1S/C14H18Cl2N2O2S/c1-10-6-14(13(16)7-12(10)15)21(19,20)18-8-11(9-18)17-4-2-3-5-17/h6-7,11H,2-5,8-9H2,1H3. The minimum atomic E-state index is -3.52. The molecule has 0 spiro atoms. The molecule has 0 radical (unpaired) electrons. The predicted molar refractivity (Wildman–Crippen MR) is 84.6 cm³/mol. The molecule has 4 nitrogen and oxygen atoms in total. The topological polar surface area (TPSA) is 40.6 Å². The van der Waals surface area contributed by atoms with Crippen LogP contribution < -0.4 is 0 Å². The van der Waals surface area contributed by atoms with Gasteiger partial charge in [0.2, 0.25) is 10.0 Å². The van der Waals surface area contributed by atoms with E-state index in [9.17, 15) is 8.42 Å². The lowest BCUT2D eigenvalue weighted by atomic mass is 10.1. The zero-order valence-corrected chi connectivity index (χ0v) is 14.2. The Hall–Kier alpha value is -0.330. The SMILES string of the molecule is Cc1cc(S(=O)(=O)N2CC(N3CCCC3)C2)c(Cl)cc1Cl. The number of aryl methyl sites for hydroxylation is 1. The summed E-state index contributed by atoms with van der Waals surface area (Å²) in [6.07, 6.45) is 2.43. The van der Waals surface area contributed by atoms with Gasteiger partial charge in [-0.05, 0) is 50.6 Å². The highest BCUT2D eigenvalue weighted by Gasteiger charge is 2.41. The molecule has 0 saturated carbocycles. The quantitative estimate of drug-likeness (QED) is 0.843. The number of likely N-dealkylation sites (tertiary alicyclic amines) is 1. The Morgan fingerprint density at radius 3 is 2.33 bits per heavy atom. The summed E-state index contributed by atoms with van der Waals surface area (Å²) in [5.74, 6) is 0. The number of halogens is 2. The van der Waals surface area contributed by atoms with Crippen LogP contribution in [0.2, 0.25) is 10.0 Å². The van der Waals surface area contributed by atoms with E-state index in [0.717, 1.165) is 18.7 Å². The van der Waals surface area contributed by atoms with Crippen molar-refractivity contribution in [3.05, 3.63) is 27.7 Å². The lowest BCUT2D eigenvalue weighted by Gasteiger charge is -2.43. The van der Waals surface area contributed by atoms with Crippen molar-refractivity contribution < 1.29 is 8.42 Å². The first-order chi connectivity index (χ1) is 9.89. The van der Waals surface area contributed by atoms with Crippen LogP contribution in [0.1, 0.15) is 18.4 Å². The molecule has 0 atom stereocenters. The molecule has 116 valence electrons. The normalized spacial score (nSPS) is 21.7. The smallest absolute Gasteiger partial charge is 0.244 e. The van der Waals surface area contributed by atoms with Gasteiger partial charge in [0, 0.05) is 24.2 Å². The lowest BCUT2D eigenvalue weighted by Crippen LogP contribution is -2.60. The molecule has 0 amide bonds. The zero-order valence-electron chi connectivity index (χ0n) is 11.8. The van der Waals surface area contributed by atoms with Gasteiger partial charge in [-0.2, -0.15) is 4.31 Å². The first kappa shape index (κ1) is 15.6. The molecule has 1 aromatic carbocycles. The van der Waals surface area contributed by atoms with Crippen LogP contribution in [-0.2, 0) is 10.0 Å². The molecule has 0 unspecified atom stereocenters. The number of sulfonamides is 1. The second-order valence-corrected chi connectivity index (χ2v) is 8.47. The van der Waals surface area contributed by atoms with Gasteiger partial charge in [0.15, 0.2) is 0 Å². The van der Waals surface area contributed by atoms with Crippen LogP contribution in [0, 0.1) is 6.92 Å². The summed E-state index contributed by atoms with van der Waals surface area (Å²) in [6, 6.07) is 3.42. The summed E-state index contributed by atoms with van der Waals surface area (Å²) in [7, 11) is -3.52. The summed E-state index contributed by atoms with van der Waals surface area (Å²) in [5, 5.41) is 0.674. The van der Waals surface area contributed by atoms with Crippen molar-refractivity contribution in [1.29, 1.82) is 0 Å². The van der Waals surface area contributed by atoms with Crippen LogP contribution in [-0.4, -0.2) is 49.8 Å². The van der Waals surface area contributed by atoms with E-state index in [2.05, 4.69) is 4.90 Å². The molecule has 0 bridgehead atoms. The molecule has 21 heavy (non-hydrogen) atoms. The number of benzene rings is 1. The van der Waals surface area contributed by atoms with Gasteiger partial charge in [0.25, 0.3) is 0 Å². The van der Waals surface area contributed by atoms with Crippen LogP contribution >= 0.6 is 23.2 Å². The van der Waals surface area contributed by atoms with E-state index in [1.807, 2.05) is 0 Å². The Morgan fingerprint density at radius 1 is 1.10 bits per heavy atom. The van der Waals surface area contributed by atoms with Crippen LogP contribution in [0.25, 0.3) is 0 Å². The molecule has 2 fully saturated rings. The summed E-state index contributed by atoms with van der Waals surface area (Å²) >= 11 is 12.0. The third kappa shape index (κ3) is 2.82. The summed E-state index contributed by atoms with van der Waals surface area (Å²) < 4.78 is 26.8. The van der Waals surface area contributed by atoms with Gasteiger partial charge in [-0.25, -0.2) is 8.42 Å². The van der Waals surface area contributed by atoms with E-state index in [1.165, 1.54) is 23.2 Å². The van der Waals surface area contributed by atoms with Gasteiger partial charge in [0.05, 0.1) is 5.02 Å². The van der Waals surface area contributed by atoms with Crippen molar-refractivity contribution in [2.75, 3.05) is 26.2 Å². The third-order valence-corrected chi connectivity index (χ3v) is 7.02. The third-order valence-electron chi connectivity index (χ3n) is 4.32. The maximum atomic E-state index is 12.6. The molecule has 3 rings (SSSR count). The van der Waals surface area contributed by atoms with E-state index < -0.39 is 10.0 Å². The van der Waals surface area contributed by atoms with Crippen molar-refractivity contribution in [2.45, 2.75) is 30.7 Å². The first-order valence-corrected chi connectivity index (χ1v) is 9.29. The zero-order chi connectivity index (χ0) is 15.2. The van der Waals surface area contributed by atoms with Gasteiger partial charge in [-0.3, -0.25) is 4.90 Å². The molecule has 0 aliphatic carbocycles. The van der Waals surface area contributed by atoms with E-state index >= 15 is 0 Å². The molecule has 7 heteroatoms. The summed E-state index contributed by atoms with van der Waals surface area (Å²) in [5.41, 5.74) is 0.719. The minimum absolute atomic E-state index is 0.158. The fourth-order valence-electron chi connectivity index (χ4n) is 2.92. The Bertz CT molecular complexity index is 651. The monoisotopic (exact) mass is 348 g/mol. The number of nitrogens with zero attached hydrogens (tertiary/aromatic N) is 2. The fourth-order valence-corrected chi connectivity index (χ4v) is 5.24. The Kier molecular flexibility index (Phi) is 4.23. The maximum Gasteiger partial charge on any atom is 0.244 e. The summed E-state index contributed by atoms with van der Waals surface area (Å²) in [6.45, 7) is 5.06. The van der Waals surface area contributed by atoms with Gasteiger partial charge in [0.1, 0.15) is 4.90 Å². The predicted octanol–water partition coefficient (Wildman–Crippen LogP) is 2.77. The van der Waals surface area contributed by atoms with E-state index in [0.29, 0.717) is 24.2 Å². The molecule has 0 aromatic heterocycles. The fraction of sp³-hybridized carbons (Fsp3) is 0.571. The average molecular weight is 349 g/mol. The lowest BCUT2D eigenvalue weighted by molar-refractivity contribution is 0.110. The van der Waals surface area contributed by atoms with E-state index in [-0.39, 0.29) is 9.92 Å². The van der Waals surface area contributed by atoms with E-state index in [1.54, 1.807) is 13.0 Å². The highest BCUT2D eigenvalue weighted by atomic mass is 35.5. The van der Waals surface area contributed by atoms with Crippen molar-refractivity contribution in [3.8, 4) is 0 Å². The number of hydrogen-bond donors (Lipinski definition) is 0. The maximum absolute atomic E-state index is 12.6. The Labute approximate surface area is 135 Å². The average Bonchev–Trinajstić information content (AvgIpc) is 2.85. The van der Waals surface area contributed by atoms with Crippen LogP contribution in [0.4, 0.5) is 0 Å². The van der Waals surface area contributed by atoms with Crippen molar-refractivity contribution in [3.63, 3.8) is 0 Å². The molecule has 1 aromatic rings. The molecule has 2 saturated heterocycles. The largest absolute Gasteiger partial charge is 0.298 e. The second-order valence-electron chi connectivity index (χ2n) is 5.75. The number of hydrogen-bond acceptors (Lipinski definition) is 3. The molecular formula is C14H18Cl2N2O2S. The van der Waals surface area contributed by atoms with Crippen LogP contribution in [0.5, 0.6) is 0 Å². The molecule has 2 aliphatic heterocycles. The van der Waals surface area contributed by atoms with Gasteiger partial charge in [-0.15, -0.1) is 0 Å². The highest BCUT2D eigenvalue weighted by Crippen LogP contribution is 2.33. The van der Waals surface area contributed by atoms with E-state index in [4.69, 9.17) is 23.2 Å². The summed E-state index contributed by atoms with van der Waals surface area (Å²) in [4.78, 5) is 2.53. The van der Waals surface area contributed by atoms with Crippen LogP contribution in [0.3, 0.4) is 0 Å². The minimum Gasteiger partial charge on any atom is -0.298 e. The van der Waals surface area contributed by atoms with Gasteiger partial charge < -0.3 is 0 Å². The van der Waals surface area contributed by atoms with Crippen molar-refractivity contribution in [2.24, 2.45) is 0 Å². The van der Waals surface area contributed by atoms with Gasteiger partial charge >= 0.3 is 0 Å². The Morgan fingerprint density at radius 2 is 1.71 bits per heavy atom. The molecule has 0 N–H and O–H groups in total.